The predicted octanol–water partition coefficient (Wildman–Crippen LogP) is 5.50. The van der Waals surface area contributed by atoms with Crippen molar-refractivity contribution >= 4 is 35.1 Å². The number of rotatable bonds is 10. The molecule has 3 aromatic carbocycles. The number of ether oxygens (including phenoxy) is 3. The van der Waals surface area contributed by atoms with Crippen LogP contribution in [0.2, 0.25) is 0 Å². The molecule has 0 spiro atoms. The molecule has 0 radical (unpaired) electrons. The van der Waals surface area contributed by atoms with E-state index in [-0.39, 0.29) is 12.2 Å². The summed E-state index contributed by atoms with van der Waals surface area (Å²) in [6, 6.07) is 22.8. The molecule has 1 aliphatic rings. The quantitative estimate of drug-likeness (QED) is 0.177. The molecule has 0 bridgehead atoms. The number of thioether (sulfide) groups is 1. The summed E-state index contributed by atoms with van der Waals surface area (Å²) in [6.07, 6.45) is 3.83. The molecule has 0 fully saturated rings. The average molecular weight is 601 g/mol. The maximum absolute atomic E-state index is 13.9. The highest BCUT2D eigenvalue weighted by Crippen LogP contribution is 2.32. The topological polar surface area (TPSA) is 79.1 Å². The summed E-state index contributed by atoms with van der Waals surface area (Å²) < 4.78 is 19.4. The Bertz CT molecular complexity index is 1790. The van der Waals surface area contributed by atoms with Crippen molar-refractivity contribution in [2.75, 3.05) is 19.5 Å². The highest BCUT2D eigenvalue weighted by molar-refractivity contribution is 7.98. The van der Waals surface area contributed by atoms with Crippen LogP contribution in [-0.2, 0) is 16.1 Å². The van der Waals surface area contributed by atoms with Crippen LogP contribution in [0.4, 0.5) is 0 Å². The van der Waals surface area contributed by atoms with Crippen LogP contribution in [0.15, 0.2) is 98.7 Å². The van der Waals surface area contributed by atoms with Crippen LogP contribution in [0, 0.1) is 0 Å². The molecule has 0 unspecified atom stereocenters. The van der Waals surface area contributed by atoms with E-state index in [0.717, 1.165) is 21.6 Å². The summed E-state index contributed by atoms with van der Waals surface area (Å²) in [4.78, 5) is 33.3. The summed E-state index contributed by atoms with van der Waals surface area (Å²) in [7, 11) is 0. The van der Waals surface area contributed by atoms with Crippen molar-refractivity contribution in [3.63, 3.8) is 0 Å². The monoisotopic (exact) mass is 600 g/mol. The van der Waals surface area contributed by atoms with Gasteiger partial charge in [0.15, 0.2) is 16.3 Å². The fraction of sp³-hybridized carbons (Fsp3) is 0.242. The molecule has 0 aliphatic carbocycles. The number of esters is 1. The number of hydrogen-bond donors (Lipinski definition) is 0. The van der Waals surface area contributed by atoms with Gasteiger partial charge in [0.1, 0.15) is 6.61 Å². The first kappa shape index (κ1) is 29.4. The van der Waals surface area contributed by atoms with Gasteiger partial charge in [-0.1, -0.05) is 59.9 Å². The molecule has 1 aliphatic heterocycles. The van der Waals surface area contributed by atoms with E-state index in [9.17, 15) is 9.59 Å². The Hall–Kier alpha value is -4.08. The maximum Gasteiger partial charge on any atom is 0.338 e. The van der Waals surface area contributed by atoms with Crippen molar-refractivity contribution in [2.24, 2.45) is 4.99 Å². The summed E-state index contributed by atoms with van der Waals surface area (Å²) in [6.45, 7) is 6.58. The van der Waals surface area contributed by atoms with Crippen LogP contribution in [0.5, 0.6) is 11.5 Å². The van der Waals surface area contributed by atoms with Crippen LogP contribution in [-0.4, -0.2) is 30.0 Å². The van der Waals surface area contributed by atoms with Gasteiger partial charge in [-0.25, -0.2) is 9.79 Å². The van der Waals surface area contributed by atoms with Crippen LogP contribution < -0.4 is 24.4 Å². The van der Waals surface area contributed by atoms with Crippen molar-refractivity contribution in [3.8, 4) is 11.5 Å². The van der Waals surface area contributed by atoms with Crippen molar-refractivity contribution in [2.45, 2.75) is 38.3 Å². The van der Waals surface area contributed by atoms with Crippen molar-refractivity contribution in [1.82, 2.24) is 4.57 Å². The SMILES string of the molecule is CCOC(=O)C1=C(C)N=c2s/c(=C\c3ccc(OCc4ccccc4)c(OCC)c3)c(=O)n2[C@@H]1c1ccc(SC)cc1. The molecule has 2 heterocycles. The number of hydrogen-bond acceptors (Lipinski definition) is 8. The number of aromatic nitrogens is 1. The largest absolute Gasteiger partial charge is 0.490 e. The first-order chi connectivity index (χ1) is 20.4. The molecule has 9 heteroatoms. The second-order valence-electron chi connectivity index (χ2n) is 9.49. The van der Waals surface area contributed by atoms with Crippen molar-refractivity contribution in [3.05, 3.63) is 120 Å². The summed E-state index contributed by atoms with van der Waals surface area (Å²) >= 11 is 2.92. The molecular weight excluding hydrogens is 569 g/mol. The zero-order valence-electron chi connectivity index (χ0n) is 24.0. The lowest BCUT2D eigenvalue weighted by molar-refractivity contribution is -0.139. The lowest BCUT2D eigenvalue weighted by Gasteiger charge is -2.24. The Kier molecular flexibility index (Phi) is 9.29. The zero-order valence-corrected chi connectivity index (χ0v) is 25.6. The summed E-state index contributed by atoms with van der Waals surface area (Å²) in [5.41, 5.74) is 3.34. The molecular formula is C33H32N2O5S2. The van der Waals surface area contributed by atoms with Gasteiger partial charge >= 0.3 is 5.97 Å². The van der Waals surface area contributed by atoms with Gasteiger partial charge in [-0.2, -0.15) is 0 Å². The Balaban J connectivity index is 1.56. The highest BCUT2D eigenvalue weighted by atomic mass is 32.2. The Morgan fingerprint density at radius 1 is 1.00 bits per heavy atom. The zero-order chi connectivity index (χ0) is 29.6. The van der Waals surface area contributed by atoms with E-state index < -0.39 is 12.0 Å². The van der Waals surface area contributed by atoms with Crippen molar-refractivity contribution < 1.29 is 19.0 Å². The van der Waals surface area contributed by atoms with Crippen LogP contribution >= 0.6 is 23.1 Å². The molecule has 216 valence electrons. The van der Waals surface area contributed by atoms with Gasteiger partial charge < -0.3 is 14.2 Å². The Morgan fingerprint density at radius 3 is 2.45 bits per heavy atom. The summed E-state index contributed by atoms with van der Waals surface area (Å²) in [5, 5.41) is 0. The highest BCUT2D eigenvalue weighted by Gasteiger charge is 2.33. The molecule has 7 nitrogen and oxygen atoms in total. The van der Waals surface area contributed by atoms with Gasteiger partial charge in [0.25, 0.3) is 5.56 Å². The minimum atomic E-state index is -0.647. The van der Waals surface area contributed by atoms with Gasteiger partial charge in [-0.05, 0) is 74.1 Å². The van der Waals surface area contributed by atoms with E-state index in [1.54, 1.807) is 30.2 Å². The number of nitrogens with zero attached hydrogens (tertiary/aromatic N) is 2. The lowest BCUT2D eigenvalue weighted by atomic mass is 9.96. The number of benzene rings is 3. The normalized spacial score (nSPS) is 14.8. The fourth-order valence-electron chi connectivity index (χ4n) is 4.78. The predicted molar refractivity (Wildman–Crippen MR) is 167 cm³/mol. The van der Waals surface area contributed by atoms with E-state index >= 15 is 0 Å². The molecule has 0 saturated carbocycles. The average Bonchev–Trinajstić information content (AvgIpc) is 3.30. The number of fused-ring (bicyclic) bond motifs is 1. The fourth-order valence-corrected chi connectivity index (χ4v) is 6.24. The second kappa shape index (κ2) is 13.3. The smallest absolute Gasteiger partial charge is 0.338 e. The van der Waals surface area contributed by atoms with E-state index in [2.05, 4.69) is 4.99 Å². The number of allylic oxidation sites excluding steroid dienone is 1. The van der Waals surface area contributed by atoms with Gasteiger partial charge in [-0.15, -0.1) is 11.8 Å². The molecule has 1 aromatic heterocycles. The maximum atomic E-state index is 13.9. The van der Waals surface area contributed by atoms with Gasteiger partial charge in [0.2, 0.25) is 0 Å². The van der Waals surface area contributed by atoms with Crippen molar-refractivity contribution in [1.29, 1.82) is 0 Å². The third-order valence-corrected chi connectivity index (χ3v) is 8.48. The van der Waals surface area contributed by atoms with Crippen LogP contribution in [0.1, 0.15) is 43.5 Å². The third-order valence-electron chi connectivity index (χ3n) is 6.75. The van der Waals surface area contributed by atoms with Gasteiger partial charge in [0.05, 0.1) is 35.1 Å². The Morgan fingerprint density at radius 2 is 1.76 bits per heavy atom. The third kappa shape index (κ3) is 6.22. The second-order valence-corrected chi connectivity index (χ2v) is 11.4. The summed E-state index contributed by atoms with van der Waals surface area (Å²) in [5.74, 6) is 0.754. The lowest BCUT2D eigenvalue weighted by Crippen LogP contribution is -2.39. The molecule has 1 atom stereocenters. The first-order valence-electron chi connectivity index (χ1n) is 13.7. The van der Waals surface area contributed by atoms with E-state index in [1.807, 2.05) is 92.1 Å². The number of thiazole rings is 1. The van der Waals surface area contributed by atoms with E-state index in [0.29, 0.717) is 45.3 Å². The van der Waals surface area contributed by atoms with Crippen LogP contribution in [0.3, 0.4) is 0 Å². The molecule has 42 heavy (non-hydrogen) atoms. The van der Waals surface area contributed by atoms with E-state index in [4.69, 9.17) is 14.2 Å². The molecule has 4 aromatic rings. The van der Waals surface area contributed by atoms with E-state index in [1.165, 1.54) is 11.3 Å². The minimum absolute atomic E-state index is 0.227. The first-order valence-corrected chi connectivity index (χ1v) is 15.7. The van der Waals surface area contributed by atoms with Gasteiger partial charge in [-0.3, -0.25) is 9.36 Å². The molecule has 5 rings (SSSR count). The minimum Gasteiger partial charge on any atom is -0.490 e. The van der Waals surface area contributed by atoms with Gasteiger partial charge in [0, 0.05) is 4.90 Å². The number of carbonyl (C=O) groups is 1. The molecule has 0 saturated heterocycles. The molecule has 0 N–H and O–H groups in total. The molecule has 0 amide bonds. The standard InChI is InChI=1S/C33H32N2O5S2/c1-5-38-27-18-23(12-17-26(27)40-20-22-10-8-7-9-11-22)19-28-31(36)35-30(24-13-15-25(41-4)16-14-24)29(32(37)39-6-2)21(3)34-33(35)42-28/h7-19,30H,5-6,20H2,1-4H3/b28-19-/t30-/m1/s1. The number of carbonyl (C=O) groups excluding carboxylic acids is 1. The van der Waals surface area contributed by atoms with Crippen LogP contribution in [0.25, 0.3) is 6.08 Å². The Labute approximate surface area is 252 Å².